The van der Waals surface area contributed by atoms with Gasteiger partial charge in [0, 0.05) is 32.5 Å². The van der Waals surface area contributed by atoms with Gasteiger partial charge in [0.2, 0.25) is 0 Å². The van der Waals surface area contributed by atoms with Crippen LogP contribution < -0.4 is 21.7 Å². The monoisotopic (exact) mass is 368 g/mol. The summed E-state index contributed by atoms with van der Waals surface area (Å²) in [4.78, 5) is 22.6. The minimum atomic E-state index is -2.23. The van der Waals surface area contributed by atoms with Crippen molar-refractivity contribution in [3.05, 3.63) is 23.7 Å². The van der Waals surface area contributed by atoms with Gasteiger partial charge < -0.3 is 25.7 Å². The number of carbonyl (C=O) groups excluding carboxylic acids is 1. The number of urea groups is 1. The van der Waals surface area contributed by atoms with Crippen LogP contribution in [0.1, 0.15) is 20.3 Å². The van der Waals surface area contributed by atoms with Crippen LogP contribution in [0.3, 0.4) is 0 Å². The van der Waals surface area contributed by atoms with Crippen molar-refractivity contribution in [3.63, 3.8) is 0 Å². The first-order chi connectivity index (χ1) is 12.0. The Morgan fingerprint density at radius 2 is 2.19 bits per heavy atom. The molecule has 7 N–H and O–H groups in total. The third-order valence-corrected chi connectivity index (χ3v) is 3.78. The molecule has 2 rings (SSSR count). The fraction of sp³-hybridized carbons (Fsp3) is 0.600. The highest BCUT2D eigenvalue weighted by Crippen LogP contribution is 2.22. The molecule has 0 aromatic rings. The fourth-order valence-corrected chi connectivity index (χ4v) is 2.75. The summed E-state index contributed by atoms with van der Waals surface area (Å²) in [6.45, 7) is 3.29. The number of rotatable bonds is 8. The Bertz CT molecular complexity index is 653. The van der Waals surface area contributed by atoms with E-state index < -0.39 is 11.7 Å². The largest absolute Gasteiger partial charge is 0.367 e. The van der Waals surface area contributed by atoms with Gasteiger partial charge in [0.05, 0.1) is 0 Å². The normalized spacial score (nSPS) is 24.3. The number of nitrogens with two attached hydrogens (primary N) is 1. The number of hydrogen-bond acceptors (Lipinski definition) is 9. The van der Waals surface area contributed by atoms with Gasteiger partial charge >= 0.3 is 6.03 Å². The van der Waals surface area contributed by atoms with Crippen LogP contribution >= 0.6 is 0 Å². The predicted octanol–water partition coefficient (Wildman–Crippen LogP) is -1.30. The van der Waals surface area contributed by atoms with Crippen LogP contribution in [0.4, 0.5) is 4.79 Å². The highest BCUT2D eigenvalue weighted by Gasteiger charge is 2.33. The molecule has 0 radical (unpaired) electrons. The van der Waals surface area contributed by atoms with E-state index in [0.29, 0.717) is 12.4 Å². The minimum Gasteiger partial charge on any atom is -0.367 e. The van der Waals surface area contributed by atoms with Gasteiger partial charge in [0.1, 0.15) is 18.1 Å². The Hall–Kier alpha value is -2.36. The Labute approximate surface area is 151 Å². The van der Waals surface area contributed by atoms with Gasteiger partial charge in [-0.2, -0.15) is 15.0 Å². The fourth-order valence-electron chi connectivity index (χ4n) is 2.75. The number of carbonyl (C=O) groups is 1. The smallest absolute Gasteiger partial charge is 0.322 e. The molecule has 2 aliphatic rings. The van der Waals surface area contributed by atoms with Crippen molar-refractivity contribution in [2.45, 2.75) is 38.1 Å². The summed E-state index contributed by atoms with van der Waals surface area (Å²) < 4.78 is 0. The molecule has 0 saturated carbocycles. The van der Waals surface area contributed by atoms with E-state index in [1.165, 1.54) is 6.07 Å². The van der Waals surface area contributed by atoms with Crippen molar-refractivity contribution in [2.24, 2.45) is 11.7 Å². The molecule has 0 aromatic carbocycles. The van der Waals surface area contributed by atoms with E-state index >= 15 is 0 Å². The second-order valence-corrected chi connectivity index (χ2v) is 6.63. The van der Waals surface area contributed by atoms with E-state index in [1.807, 2.05) is 17.9 Å². The van der Waals surface area contributed by atoms with Gasteiger partial charge in [0.25, 0.3) is 11.7 Å². The summed E-state index contributed by atoms with van der Waals surface area (Å²) >= 11 is 0. The third-order valence-electron chi connectivity index (χ3n) is 3.78. The first kappa shape index (κ1) is 20.0. The maximum Gasteiger partial charge on any atom is 0.322 e. The zero-order chi connectivity index (χ0) is 19.5. The van der Waals surface area contributed by atoms with Crippen molar-refractivity contribution >= 4 is 6.03 Å². The van der Waals surface area contributed by atoms with Crippen LogP contribution in [0.25, 0.3) is 0 Å². The second kappa shape index (κ2) is 7.48. The number of fused-ring (bicyclic) bond motifs is 1. The van der Waals surface area contributed by atoms with Crippen LogP contribution in [0.5, 0.6) is 0 Å². The van der Waals surface area contributed by atoms with Crippen molar-refractivity contribution in [1.29, 1.82) is 5.26 Å². The van der Waals surface area contributed by atoms with Gasteiger partial charge in [-0.25, -0.2) is 4.79 Å². The molecule has 0 aliphatic carbocycles. The summed E-state index contributed by atoms with van der Waals surface area (Å²) in [5, 5.41) is 36.6. The average molecular weight is 368 g/mol. The SMILES string of the molecule is CC(CN(C)C1=C2C=CNC2NC(=O)N1)CC(N)(O)OOC(C)(O)C#N. The van der Waals surface area contributed by atoms with Gasteiger partial charge in [-0.3, -0.25) is 11.1 Å². The van der Waals surface area contributed by atoms with Gasteiger partial charge in [-0.05, 0) is 18.2 Å². The zero-order valence-corrected chi connectivity index (χ0v) is 14.8. The number of amides is 2. The molecule has 11 heteroatoms. The van der Waals surface area contributed by atoms with Crippen LogP contribution in [-0.4, -0.2) is 52.6 Å². The topological polar surface area (TPSA) is 165 Å². The molecular weight excluding hydrogens is 344 g/mol. The molecule has 0 bridgehead atoms. The summed E-state index contributed by atoms with van der Waals surface area (Å²) in [6, 6.07) is 1.11. The Morgan fingerprint density at radius 3 is 2.85 bits per heavy atom. The number of nitrogens with one attached hydrogen (secondary N) is 3. The molecule has 144 valence electrons. The minimum absolute atomic E-state index is 0.0504. The number of hydrogen-bond donors (Lipinski definition) is 6. The highest BCUT2D eigenvalue weighted by molar-refractivity contribution is 5.79. The van der Waals surface area contributed by atoms with E-state index in [1.54, 1.807) is 13.2 Å². The first-order valence-corrected chi connectivity index (χ1v) is 8.00. The Kier molecular flexibility index (Phi) is 5.74. The molecular formula is C15H24N6O5. The lowest BCUT2D eigenvalue weighted by molar-refractivity contribution is -0.479. The number of aliphatic hydroxyl groups is 2. The molecule has 26 heavy (non-hydrogen) atoms. The third kappa shape index (κ3) is 5.07. The second-order valence-electron chi connectivity index (χ2n) is 6.63. The van der Waals surface area contributed by atoms with E-state index in [4.69, 9.17) is 11.0 Å². The molecule has 11 nitrogen and oxygen atoms in total. The van der Waals surface area contributed by atoms with E-state index in [0.717, 1.165) is 12.5 Å². The molecule has 0 spiro atoms. The van der Waals surface area contributed by atoms with Crippen molar-refractivity contribution in [2.75, 3.05) is 13.6 Å². The zero-order valence-electron chi connectivity index (χ0n) is 14.8. The van der Waals surface area contributed by atoms with E-state index in [-0.39, 0.29) is 24.5 Å². The summed E-state index contributed by atoms with van der Waals surface area (Å²) in [5.74, 6) is -3.98. The van der Waals surface area contributed by atoms with E-state index in [9.17, 15) is 15.0 Å². The molecule has 4 atom stereocenters. The average Bonchev–Trinajstić information content (AvgIpc) is 3.00. The van der Waals surface area contributed by atoms with Crippen molar-refractivity contribution < 1.29 is 24.8 Å². The van der Waals surface area contributed by atoms with Gasteiger partial charge in [0.15, 0.2) is 0 Å². The summed E-state index contributed by atoms with van der Waals surface area (Å²) in [7, 11) is 1.79. The van der Waals surface area contributed by atoms with Crippen LogP contribution in [-0.2, 0) is 9.78 Å². The first-order valence-electron chi connectivity index (χ1n) is 8.00. The number of nitrogens with zero attached hydrogens (tertiary/aromatic N) is 2. The molecule has 2 aliphatic heterocycles. The standard InChI is InChI=1S/C15H24N6O5/c1-9(6-15(17,24)26-25-14(2,23)8-16)7-21(3)12-10-4-5-18-11(10)19-13(22)20-12/h4-5,9,11,18,23-24H,6-7,17H2,1-3H3,(H2,19,20,22). The van der Waals surface area contributed by atoms with Gasteiger partial charge in [-0.15, -0.1) is 0 Å². The van der Waals surface area contributed by atoms with Crippen LogP contribution in [0.15, 0.2) is 23.7 Å². The van der Waals surface area contributed by atoms with Crippen LogP contribution in [0.2, 0.25) is 0 Å². The predicted molar refractivity (Wildman–Crippen MR) is 88.7 cm³/mol. The van der Waals surface area contributed by atoms with Gasteiger partial charge in [-0.1, -0.05) is 6.92 Å². The Balaban J connectivity index is 1.94. The molecule has 2 heterocycles. The molecule has 0 aromatic heterocycles. The quantitative estimate of drug-likeness (QED) is 0.132. The lowest BCUT2D eigenvalue weighted by Crippen LogP contribution is -2.54. The van der Waals surface area contributed by atoms with Crippen molar-refractivity contribution in [3.8, 4) is 6.07 Å². The maximum atomic E-state index is 11.7. The lowest BCUT2D eigenvalue weighted by atomic mass is 10.0. The maximum absolute atomic E-state index is 11.7. The molecule has 2 amide bonds. The molecule has 4 unspecified atom stereocenters. The van der Waals surface area contributed by atoms with E-state index in [2.05, 4.69) is 25.7 Å². The highest BCUT2D eigenvalue weighted by atomic mass is 17.3. The van der Waals surface area contributed by atoms with Crippen molar-refractivity contribution in [1.82, 2.24) is 20.9 Å². The molecule has 0 saturated heterocycles. The Morgan fingerprint density at radius 1 is 1.50 bits per heavy atom. The number of nitriles is 1. The van der Waals surface area contributed by atoms with Crippen LogP contribution in [0, 0.1) is 17.2 Å². The molecule has 0 fully saturated rings. The summed E-state index contributed by atoms with van der Waals surface area (Å²) in [6.07, 6.45) is 3.27. The lowest BCUT2D eigenvalue weighted by Gasteiger charge is -2.34. The summed E-state index contributed by atoms with van der Waals surface area (Å²) in [5.41, 5.74) is 6.48.